The molecule has 3 aromatic rings. The van der Waals surface area contributed by atoms with Crippen molar-refractivity contribution in [3.05, 3.63) is 71.4 Å². The number of hydrogen-bond donors (Lipinski definition) is 1. The summed E-state index contributed by atoms with van der Waals surface area (Å²) in [5, 5.41) is 13.0. The number of nitrogens with zero attached hydrogens (tertiary/aromatic N) is 2. The Morgan fingerprint density at radius 1 is 1.18 bits per heavy atom. The maximum Gasteiger partial charge on any atom is 0.325 e. The summed E-state index contributed by atoms with van der Waals surface area (Å²) in [5.74, 6) is -0.870. The van der Waals surface area contributed by atoms with Crippen molar-refractivity contribution in [2.45, 2.75) is 13.5 Å². The van der Waals surface area contributed by atoms with Gasteiger partial charge in [0.2, 0.25) is 0 Å². The molecule has 0 aliphatic rings. The van der Waals surface area contributed by atoms with Crippen LogP contribution in [-0.2, 0) is 20.9 Å². The van der Waals surface area contributed by atoms with Gasteiger partial charge in [0.25, 0.3) is 5.91 Å². The highest BCUT2D eigenvalue weighted by atomic mass is 16.5. The number of methoxy groups -OCH3 is 1. The smallest absolute Gasteiger partial charge is 0.325 e. The van der Waals surface area contributed by atoms with Crippen LogP contribution in [0.3, 0.4) is 0 Å². The van der Waals surface area contributed by atoms with E-state index in [-0.39, 0.29) is 18.1 Å². The first-order valence-corrected chi connectivity index (χ1v) is 8.66. The van der Waals surface area contributed by atoms with Crippen LogP contribution in [0.4, 0.5) is 5.69 Å². The fraction of sp³-hybridized carbons (Fsp3) is 0.136. The minimum atomic E-state index is -0.490. The van der Waals surface area contributed by atoms with Crippen molar-refractivity contribution in [1.29, 1.82) is 5.26 Å². The Balaban J connectivity index is 1.94. The number of hydrogen-bond acceptors (Lipinski definition) is 4. The molecule has 6 heteroatoms. The lowest BCUT2D eigenvalue weighted by atomic mass is 10.1. The first-order valence-electron chi connectivity index (χ1n) is 8.66. The highest BCUT2D eigenvalue weighted by Crippen LogP contribution is 2.24. The minimum absolute atomic E-state index is 0.0263. The third-order valence-electron chi connectivity index (χ3n) is 4.32. The van der Waals surface area contributed by atoms with Crippen LogP contribution in [-0.4, -0.2) is 23.6 Å². The quantitative estimate of drug-likeness (QED) is 0.420. The van der Waals surface area contributed by atoms with Gasteiger partial charge < -0.3 is 14.6 Å². The molecule has 0 aliphatic heterocycles. The summed E-state index contributed by atoms with van der Waals surface area (Å²) in [4.78, 5) is 24.2. The summed E-state index contributed by atoms with van der Waals surface area (Å²) < 4.78 is 6.47. The first kappa shape index (κ1) is 18.9. The van der Waals surface area contributed by atoms with Crippen molar-refractivity contribution in [1.82, 2.24) is 4.57 Å². The number of esters is 1. The van der Waals surface area contributed by atoms with Gasteiger partial charge in [0.05, 0.1) is 7.11 Å². The van der Waals surface area contributed by atoms with E-state index in [1.807, 2.05) is 49.4 Å². The van der Waals surface area contributed by atoms with Crippen LogP contribution in [0, 0.1) is 18.3 Å². The molecule has 0 spiro atoms. The summed E-state index contributed by atoms with van der Waals surface area (Å²) in [6.45, 7) is 2.00. The number of aryl methyl sites for hydroxylation is 1. The second kappa shape index (κ2) is 8.23. The van der Waals surface area contributed by atoms with Gasteiger partial charge in [-0.3, -0.25) is 9.59 Å². The highest BCUT2D eigenvalue weighted by molar-refractivity contribution is 6.10. The van der Waals surface area contributed by atoms with Crippen molar-refractivity contribution in [2.75, 3.05) is 12.4 Å². The SMILES string of the molecule is COC(=O)Cn1cc(/C=C(\C#N)C(=O)Nc2ccc(C)cc2)c2ccccc21. The van der Waals surface area contributed by atoms with Gasteiger partial charge in [-0.2, -0.15) is 5.26 Å². The molecule has 0 fully saturated rings. The Kier molecular flexibility index (Phi) is 5.56. The van der Waals surface area contributed by atoms with E-state index in [4.69, 9.17) is 4.74 Å². The van der Waals surface area contributed by atoms with E-state index in [1.165, 1.54) is 13.2 Å². The summed E-state index contributed by atoms with van der Waals surface area (Å²) >= 11 is 0. The largest absolute Gasteiger partial charge is 0.468 e. The standard InChI is InChI=1S/C22H19N3O3/c1-15-7-9-18(10-8-15)24-22(27)16(12-23)11-17-13-25(14-21(26)28-2)20-6-4-3-5-19(17)20/h3-11,13H,14H2,1-2H3,(H,24,27)/b16-11+. The van der Waals surface area contributed by atoms with Crippen LogP contribution >= 0.6 is 0 Å². The van der Waals surface area contributed by atoms with Gasteiger partial charge in [-0.1, -0.05) is 35.9 Å². The summed E-state index contributed by atoms with van der Waals surface area (Å²) in [7, 11) is 1.33. The molecular formula is C22H19N3O3. The average Bonchev–Trinajstić information content (AvgIpc) is 3.05. The minimum Gasteiger partial charge on any atom is -0.468 e. The number of carbonyl (C=O) groups excluding carboxylic acids is 2. The molecule has 0 radical (unpaired) electrons. The van der Waals surface area contributed by atoms with E-state index < -0.39 is 5.91 Å². The van der Waals surface area contributed by atoms with E-state index in [1.54, 1.807) is 22.9 Å². The van der Waals surface area contributed by atoms with E-state index in [9.17, 15) is 14.9 Å². The Bertz CT molecular complexity index is 1100. The molecule has 3 rings (SSSR count). The van der Waals surface area contributed by atoms with Gasteiger partial charge in [-0.05, 0) is 31.2 Å². The molecule has 6 nitrogen and oxygen atoms in total. The number of nitrogens with one attached hydrogen (secondary N) is 1. The number of carbonyl (C=O) groups is 2. The molecule has 2 aromatic carbocycles. The molecule has 1 aromatic heterocycles. The van der Waals surface area contributed by atoms with Crippen molar-refractivity contribution < 1.29 is 14.3 Å². The van der Waals surface area contributed by atoms with Crippen molar-refractivity contribution in [3.8, 4) is 6.07 Å². The Labute approximate surface area is 162 Å². The third-order valence-corrected chi connectivity index (χ3v) is 4.32. The van der Waals surface area contributed by atoms with Crippen molar-refractivity contribution >= 4 is 34.5 Å². The maximum absolute atomic E-state index is 12.5. The summed E-state index contributed by atoms with van der Waals surface area (Å²) in [6.07, 6.45) is 3.26. The average molecular weight is 373 g/mol. The number of amides is 1. The van der Waals surface area contributed by atoms with E-state index in [0.29, 0.717) is 11.3 Å². The molecule has 1 amide bonds. The maximum atomic E-state index is 12.5. The molecule has 0 saturated carbocycles. The molecule has 0 saturated heterocycles. The topological polar surface area (TPSA) is 84.1 Å². The predicted octanol–water partition coefficient (Wildman–Crippen LogP) is 3.67. The number of fused-ring (bicyclic) bond motifs is 1. The van der Waals surface area contributed by atoms with Gasteiger partial charge in [0, 0.05) is 28.4 Å². The molecule has 1 heterocycles. The van der Waals surface area contributed by atoms with Crippen LogP contribution in [0.5, 0.6) is 0 Å². The van der Waals surface area contributed by atoms with E-state index >= 15 is 0 Å². The van der Waals surface area contributed by atoms with Gasteiger partial charge in [-0.25, -0.2) is 0 Å². The molecule has 0 atom stereocenters. The van der Waals surface area contributed by atoms with Gasteiger partial charge in [0.15, 0.2) is 0 Å². The van der Waals surface area contributed by atoms with Crippen LogP contribution in [0.2, 0.25) is 0 Å². The molecule has 0 aliphatic carbocycles. The first-order chi connectivity index (χ1) is 13.5. The third kappa shape index (κ3) is 4.10. The number of anilines is 1. The van der Waals surface area contributed by atoms with Gasteiger partial charge in [0.1, 0.15) is 18.2 Å². The van der Waals surface area contributed by atoms with Crippen LogP contribution < -0.4 is 5.32 Å². The molecule has 28 heavy (non-hydrogen) atoms. The molecule has 1 N–H and O–H groups in total. The van der Waals surface area contributed by atoms with Crippen LogP contribution in [0.25, 0.3) is 17.0 Å². The van der Waals surface area contributed by atoms with Gasteiger partial charge >= 0.3 is 5.97 Å². The van der Waals surface area contributed by atoms with Crippen LogP contribution in [0.15, 0.2) is 60.3 Å². The van der Waals surface area contributed by atoms with Crippen molar-refractivity contribution in [2.24, 2.45) is 0 Å². The van der Waals surface area contributed by atoms with E-state index in [0.717, 1.165) is 16.5 Å². The molecular weight excluding hydrogens is 354 g/mol. The fourth-order valence-corrected chi connectivity index (χ4v) is 2.86. The summed E-state index contributed by atoms with van der Waals surface area (Å²) in [6, 6.07) is 16.7. The lowest BCUT2D eigenvalue weighted by Gasteiger charge is -2.04. The molecule has 140 valence electrons. The highest BCUT2D eigenvalue weighted by Gasteiger charge is 2.14. The second-order valence-corrected chi connectivity index (χ2v) is 6.30. The molecule has 0 unspecified atom stereocenters. The number of aromatic nitrogens is 1. The Hall–Kier alpha value is -3.85. The molecule has 0 bridgehead atoms. The normalized spacial score (nSPS) is 11.1. The van der Waals surface area contributed by atoms with Crippen LogP contribution in [0.1, 0.15) is 11.1 Å². The lowest BCUT2D eigenvalue weighted by Crippen LogP contribution is -2.13. The Morgan fingerprint density at radius 2 is 1.89 bits per heavy atom. The zero-order valence-electron chi connectivity index (χ0n) is 15.6. The number of rotatable bonds is 5. The zero-order valence-corrected chi connectivity index (χ0v) is 15.6. The number of nitriles is 1. The number of benzene rings is 2. The summed E-state index contributed by atoms with van der Waals surface area (Å²) in [5.41, 5.74) is 3.16. The predicted molar refractivity (Wildman–Crippen MR) is 107 cm³/mol. The van der Waals surface area contributed by atoms with Crippen molar-refractivity contribution in [3.63, 3.8) is 0 Å². The number of ether oxygens (including phenoxy) is 1. The lowest BCUT2D eigenvalue weighted by molar-refractivity contribution is -0.141. The second-order valence-electron chi connectivity index (χ2n) is 6.30. The number of para-hydroxylation sites is 1. The van der Waals surface area contributed by atoms with Gasteiger partial charge in [-0.15, -0.1) is 0 Å². The monoisotopic (exact) mass is 373 g/mol. The van der Waals surface area contributed by atoms with E-state index in [2.05, 4.69) is 5.32 Å². The fourth-order valence-electron chi connectivity index (χ4n) is 2.86. The zero-order chi connectivity index (χ0) is 20.1. The Morgan fingerprint density at radius 3 is 2.57 bits per heavy atom.